The Labute approximate surface area is 71.4 Å². The second-order valence-electron chi connectivity index (χ2n) is 3.13. The zero-order valence-corrected chi connectivity index (χ0v) is 6.95. The van der Waals surface area contributed by atoms with Crippen molar-refractivity contribution in [3.05, 3.63) is 52.2 Å². The van der Waals surface area contributed by atoms with Crippen molar-refractivity contribution in [2.45, 2.75) is 6.92 Å². The maximum Gasteiger partial charge on any atom is 0.178 e. The monoisotopic (exact) mass is 158 g/mol. The third-order valence-electron chi connectivity index (χ3n) is 2.11. The van der Waals surface area contributed by atoms with Crippen LogP contribution < -0.4 is 5.43 Å². The van der Waals surface area contributed by atoms with E-state index in [2.05, 4.69) is 13.0 Å². The molecule has 0 aliphatic heterocycles. The maximum absolute atomic E-state index is 10.9. The molecule has 1 heteroatoms. The van der Waals surface area contributed by atoms with Gasteiger partial charge in [-0.15, -0.1) is 0 Å². The first-order valence-corrected chi connectivity index (χ1v) is 4.10. The van der Waals surface area contributed by atoms with Gasteiger partial charge in [0.1, 0.15) is 0 Å². The van der Waals surface area contributed by atoms with Crippen molar-refractivity contribution in [1.29, 1.82) is 0 Å². The molecule has 0 unspecified atom stereocenters. The molecule has 0 spiro atoms. The number of allylic oxidation sites excluding steroid dienone is 2. The third kappa shape index (κ3) is 1.30. The van der Waals surface area contributed by atoms with Gasteiger partial charge >= 0.3 is 0 Å². The summed E-state index contributed by atoms with van der Waals surface area (Å²) < 4.78 is 0. The molecule has 60 valence electrons. The highest BCUT2D eigenvalue weighted by atomic mass is 16.1. The fourth-order valence-electron chi connectivity index (χ4n) is 1.30. The molecule has 0 N–H and O–H groups in total. The fraction of sp³-hybridized carbons (Fsp3) is 0.182. The van der Waals surface area contributed by atoms with E-state index >= 15 is 0 Å². The first-order chi connectivity index (χ1) is 5.77. The van der Waals surface area contributed by atoms with Crippen molar-refractivity contribution in [1.82, 2.24) is 0 Å². The highest BCUT2D eigenvalue weighted by Gasteiger charge is 2.19. The highest BCUT2D eigenvalue weighted by Crippen LogP contribution is 2.36. The standard InChI is InChI=1S/C11H10O/c1-8-7-11(8)9-3-2-4-10(12)6-5-9/h2-8H,1H3/t8-/m0/s1. The van der Waals surface area contributed by atoms with Crippen LogP contribution in [0.15, 0.2) is 41.2 Å². The van der Waals surface area contributed by atoms with Crippen molar-refractivity contribution >= 4 is 5.57 Å². The predicted octanol–water partition coefficient (Wildman–Crippen LogP) is 2.08. The Kier molecular flexibility index (Phi) is 1.58. The smallest absolute Gasteiger partial charge is 0.178 e. The Hall–Kier alpha value is -1.37. The molecule has 0 aromatic heterocycles. The van der Waals surface area contributed by atoms with Gasteiger partial charge < -0.3 is 0 Å². The SMILES string of the molecule is C[C@H]1C=C1c1cccc(=O)cc1. The van der Waals surface area contributed by atoms with Gasteiger partial charge in [0.05, 0.1) is 0 Å². The Balaban J connectivity index is 2.43. The van der Waals surface area contributed by atoms with Gasteiger partial charge in [0, 0.05) is 0 Å². The van der Waals surface area contributed by atoms with Gasteiger partial charge in [-0.2, -0.15) is 0 Å². The Bertz CT molecular complexity index is 390. The predicted molar refractivity (Wildman–Crippen MR) is 49.9 cm³/mol. The molecule has 1 aromatic carbocycles. The minimum Gasteiger partial charge on any atom is -0.290 e. The average Bonchev–Trinajstić information content (AvgIpc) is 2.75. The van der Waals surface area contributed by atoms with Crippen LogP contribution in [0.5, 0.6) is 0 Å². The molecular weight excluding hydrogens is 148 g/mol. The number of hydrogen-bond donors (Lipinski definition) is 0. The van der Waals surface area contributed by atoms with Crippen LogP contribution in [0.25, 0.3) is 5.57 Å². The molecule has 0 heterocycles. The lowest BCUT2D eigenvalue weighted by molar-refractivity contribution is 1.10. The van der Waals surface area contributed by atoms with Gasteiger partial charge in [0.2, 0.25) is 0 Å². The summed E-state index contributed by atoms with van der Waals surface area (Å²) in [6, 6.07) is 8.87. The minimum atomic E-state index is 0.0650. The molecule has 1 aliphatic carbocycles. The van der Waals surface area contributed by atoms with Crippen LogP contribution in [0.4, 0.5) is 0 Å². The molecule has 1 atom stereocenters. The van der Waals surface area contributed by atoms with Gasteiger partial charge in [-0.25, -0.2) is 0 Å². The molecule has 0 radical (unpaired) electrons. The molecule has 12 heavy (non-hydrogen) atoms. The van der Waals surface area contributed by atoms with E-state index in [1.165, 1.54) is 11.1 Å². The van der Waals surface area contributed by atoms with Crippen LogP contribution >= 0.6 is 0 Å². The summed E-state index contributed by atoms with van der Waals surface area (Å²) in [6.07, 6.45) is 2.19. The van der Waals surface area contributed by atoms with Crippen LogP contribution in [-0.4, -0.2) is 0 Å². The van der Waals surface area contributed by atoms with Gasteiger partial charge in [-0.05, 0) is 29.2 Å². The summed E-state index contributed by atoms with van der Waals surface area (Å²) >= 11 is 0. The Morgan fingerprint density at radius 3 is 2.58 bits per heavy atom. The zero-order chi connectivity index (χ0) is 8.55. The van der Waals surface area contributed by atoms with Crippen LogP contribution in [0, 0.1) is 5.92 Å². The maximum atomic E-state index is 10.9. The van der Waals surface area contributed by atoms with Crippen molar-refractivity contribution < 1.29 is 0 Å². The molecule has 0 fully saturated rings. The normalized spacial score (nSPS) is 20.1. The molecule has 1 aromatic rings. The fourth-order valence-corrected chi connectivity index (χ4v) is 1.30. The largest absolute Gasteiger partial charge is 0.290 e. The molecule has 0 amide bonds. The lowest BCUT2D eigenvalue weighted by Gasteiger charge is -1.88. The summed E-state index contributed by atoms with van der Waals surface area (Å²) in [4.78, 5) is 10.9. The van der Waals surface area contributed by atoms with E-state index in [4.69, 9.17) is 0 Å². The van der Waals surface area contributed by atoms with Crippen molar-refractivity contribution in [2.75, 3.05) is 0 Å². The van der Waals surface area contributed by atoms with Gasteiger partial charge in [-0.1, -0.05) is 31.2 Å². The van der Waals surface area contributed by atoms with E-state index < -0.39 is 0 Å². The highest BCUT2D eigenvalue weighted by molar-refractivity contribution is 5.79. The molecular formula is C11H10O. The molecule has 2 rings (SSSR count). The molecule has 0 saturated carbocycles. The van der Waals surface area contributed by atoms with E-state index in [-0.39, 0.29) is 5.43 Å². The quantitative estimate of drug-likeness (QED) is 0.611. The summed E-state index contributed by atoms with van der Waals surface area (Å²) in [6.45, 7) is 2.15. The summed E-state index contributed by atoms with van der Waals surface area (Å²) in [7, 11) is 0. The Morgan fingerprint density at radius 1 is 1.17 bits per heavy atom. The molecule has 1 nitrogen and oxygen atoms in total. The van der Waals surface area contributed by atoms with Crippen molar-refractivity contribution in [3.63, 3.8) is 0 Å². The zero-order valence-electron chi connectivity index (χ0n) is 6.95. The second kappa shape index (κ2) is 2.59. The molecule has 1 aliphatic rings. The van der Waals surface area contributed by atoms with Crippen molar-refractivity contribution in [2.24, 2.45) is 5.92 Å². The topological polar surface area (TPSA) is 17.1 Å². The summed E-state index contributed by atoms with van der Waals surface area (Å²) in [5.74, 6) is 0.600. The summed E-state index contributed by atoms with van der Waals surface area (Å²) in [5.41, 5.74) is 2.59. The van der Waals surface area contributed by atoms with Gasteiger partial charge in [0.15, 0.2) is 5.43 Å². The van der Waals surface area contributed by atoms with E-state index in [9.17, 15) is 4.79 Å². The lowest BCUT2D eigenvalue weighted by Crippen LogP contribution is -1.87. The third-order valence-corrected chi connectivity index (χ3v) is 2.11. The average molecular weight is 158 g/mol. The minimum absolute atomic E-state index is 0.0650. The number of rotatable bonds is 1. The van der Waals surface area contributed by atoms with E-state index in [0.717, 1.165) is 0 Å². The molecule has 0 bridgehead atoms. The van der Waals surface area contributed by atoms with Gasteiger partial charge in [-0.3, -0.25) is 4.79 Å². The first-order valence-electron chi connectivity index (χ1n) is 4.10. The Morgan fingerprint density at radius 2 is 1.92 bits per heavy atom. The van der Waals surface area contributed by atoms with Crippen LogP contribution in [-0.2, 0) is 0 Å². The lowest BCUT2D eigenvalue weighted by atomic mass is 10.2. The van der Waals surface area contributed by atoms with Gasteiger partial charge in [0.25, 0.3) is 0 Å². The van der Waals surface area contributed by atoms with Crippen LogP contribution in [0.3, 0.4) is 0 Å². The second-order valence-corrected chi connectivity index (χ2v) is 3.13. The van der Waals surface area contributed by atoms with E-state index in [1.54, 1.807) is 12.1 Å². The van der Waals surface area contributed by atoms with Crippen molar-refractivity contribution in [3.8, 4) is 0 Å². The van der Waals surface area contributed by atoms with Crippen LogP contribution in [0.1, 0.15) is 12.5 Å². The van der Waals surface area contributed by atoms with E-state index in [0.29, 0.717) is 5.92 Å². The molecule has 0 saturated heterocycles. The van der Waals surface area contributed by atoms with Crippen LogP contribution in [0.2, 0.25) is 0 Å². The number of hydrogen-bond acceptors (Lipinski definition) is 1. The summed E-state index contributed by atoms with van der Waals surface area (Å²) in [5, 5.41) is 0. The van der Waals surface area contributed by atoms with E-state index in [1.807, 2.05) is 18.2 Å². The first kappa shape index (κ1) is 7.29.